The highest BCUT2D eigenvalue weighted by molar-refractivity contribution is 5.98. The Kier molecular flexibility index (Phi) is 6.69. The summed E-state index contributed by atoms with van der Waals surface area (Å²) in [7, 11) is 1.65. The van der Waals surface area contributed by atoms with Crippen molar-refractivity contribution in [3.63, 3.8) is 0 Å². The molecule has 1 aliphatic heterocycles. The standard InChI is InChI=1S/C22H28N4O3/c1-16(2)15-24-21(27)17-8-9-23-20(14-17)22(28)26-12-10-25(11-13-26)18-4-6-19(29-3)7-5-18/h4-9,14,16H,10-13,15H2,1-3H3,(H,24,27). The quantitative estimate of drug-likeness (QED) is 0.812. The monoisotopic (exact) mass is 396 g/mol. The Morgan fingerprint density at radius 2 is 1.79 bits per heavy atom. The fourth-order valence-corrected chi connectivity index (χ4v) is 3.21. The van der Waals surface area contributed by atoms with E-state index in [1.807, 2.05) is 38.1 Å². The van der Waals surface area contributed by atoms with Crippen LogP contribution in [0.4, 0.5) is 5.69 Å². The molecule has 0 unspecified atom stereocenters. The predicted molar refractivity (Wildman–Crippen MR) is 113 cm³/mol. The smallest absolute Gasteiger partial charge is 0.272 e. The fraction of sp³-hybridized carbons (Fsp3) is 0.409. The number of ether oxygens (including phenoxy) is 1. The largest absolute Gasteiger partial charge is 0.497 e. The molecule has 2 amide bonds. The molecule has 29 heavy (non-hydrogen) atoms. The molecular formula is C22H28N4O3. The maximum Gasteiger partial charge on any atom is 0.272 e. The van der Waals surface area contributed by atoms with Gasteiger partial charge in [0.15, 0.2) is 0 Å². The molecule has 1 aromatic heterocycles. The number of aromatic nitrogens is 1. The van der Waals surface area contributed by atoms with Crippen LogP contribution in [-0.2, 0) is 0 Å². The van der Waals surface area contributed by atoms with Gasteiger partial charge in [0.05, 0.1) is 7.11 Å². The maximum absolute atomic E-state index is 12.9. The lowest BCUT2D eigenvalue weighted by Crippen LogP contribution is -2.49. The van der Waals surface area contributed by atoms with Crippen molar-refractivity contribution in [1.29, 1.82) is 0 Å². The Bertz CT molecular complexity index is 843. The zero-order valence-electron chi connectivity index (χ0n) is 17.2. The molecule has 1 aromatic carbocycles. The minimum absolute atomic E-state index is 0.141. The van der Waals surface area contributed by atoms with Crippen LogP contribution < -0.4 is 15.0 Å². The van der Waals surface area contributed by atoms with Crippen LogP contribution in [0, 0.1) is 5.92 Å². The molecule has 3 rings (SSSR count). The highest BCUT2D eigenvalue weighted by Crippen LogP contribution is 2.21. The molecule has 0 aliphatic carbocycles. The number of hydrogen-bond donors (Lipinski definition) is 1. The second kappa shape index (κ2) is 9.41. The van der Waals surface area contributed by atoms with E-state index in [1.54, 1.807) is 24.1 Å². The highest BCUT2D eigenvalue weighted by Gasteiger charge is 2.24. The molecule has 0 atom stereocenters. The topological polar surface area (TPSA) is 74.8 Å². The first-order valence-electron chi connectivity index (χ1n) is 9.90. The molecule has 7 heteroatoms. The van der Waals surface area contributed by atoms with E-state index in [9.17, 15) is 9.59 Å². The summed E-state index contributed by atoms with van der Waals surface area (Å²) in [6, 6.07) is 11.1. The first-order valence-corrected chi connectivity index (χ1v) is 9.90. The Hall–Kier alpha value is -3.09. The van der Waals surface area contributed by atoms with Crippen LogP contribution in [0.3, 0.4) is 0 Å². The van der Waals surface area contributed by atoms with Gasteiger partial charge in [-0.3, -0.25) is 14.6 Å². The SMILES string of the molecule is COc1ccc(N2CCN(C(=O)c3cc(C(=O)NCC(C)C)ccn3)CC2)cc1. The van der Waals surface area contributed by atoms with Gasteiger partial charge in [-0.05, 0) is 42.3 Å². The molecule has 1 saturated heterocycles. The Morgan fingerprint density at radius 3 is 2.41 bits per heavy atom. The minimum Gasteiger partial charge on any atom is -0.497 e. The predicted octanol–water partition coefficient (Wildman–Crippen LogP) is 2.44. The van der Waals surface area contributed by atoms with Gasteiger partial charge in [-0.25, -0.2) is 0 Å². The Labute approximate surface area is 171 Å². The van der Waals surface area contributed by atoms with Crippen molar-refractivity contribution < 1.29 is 14.3 Å². The van der Waals surface area contributed by atoms with Gasteiger partial charge in [-0.1, -0.05) is 13.8 Å². The third kappa shape index (κ3) is 5.25. The van der Waals surface area contributed by atoms with Crippen molar-refractivity contribution in [2.45, 2.75) is 13.8 Å². The summed E-state index contributed by atoms with van der Waals surface area (Å²) in [6.07, 6.45) is 1.52. The second-order valence-electron chi connectivity index (χ2n) is 7.51. The molecule has 0 radical (unpaired) electrons. The highest BCUT2D eigenvalue weighted by atomic mass is 16.5. The number of anilines is 1. The lowest BCUT2D eigenvalue weighted by molar-refractivity contribution is 0.0741. The third-order valence-corrected chi connectivity index (χ3v) is 4.92. The summed E-state index contributed by atoms with van der Waals surface area (Å²) in [6.45, 7) is 7.37. The molecule has 1 fully saturated rings. The zero-order valence-corrected chi connectivity index (χ0v) is 17.2. The van der Waals surface area contributed by atoms with Crippen molar-refractivity contribution in [2.75, 3.05) is 44.7 Å². The van der Waals surface area contributed by atoms with E-state index in [4.69, 9.17) is 4.74 Å². The number of nitrogens with one attached hydrogen (secondary N) is 1. The summed E-state index contributed by atoms with van der Waals surface area (Å²) >= 11 is 0. The van der Waals surface area contributed by atoms with Crippen molar-refractivity contribution in [3.8, 4) is 5.75 Å². The average molecular weight is 396 g/mol. The molecule has 2 aromatic rings. The molecule has 1 N–H and O–H groups in total. The van der Waals surface area contributed by atoms with E-state index >= 15 is 0 Å². The summed E-state index contributed by atoms with van der Waals surface area (Å²) in [5.74, 6) is 0.868. The zero-order chi connectivity index (χ0) is 20.8. The fourth-order valence-electron chi connectivity index (χ4n) is 3.21. The number of benzene rings is 1. The molecule has 154 valence electrons. The first kappa shape index (κ1) is 20.6. The van der Waals surface area contributed by atoms with Gasteiger partial charge >= 0.3 is 0 Å². The van der Waals surface area contributed by atoms with E-state index in [0.717, 1.165) is 24.5 Å². The van der Waals surface area contributed by atoms with Gasteiger partial charge in [0.25, 0.3) is 11.8 Å². The van der Waals surface area contributed by atoms with Crippen molar-refractivity contribution in [2.24, 2.45) is 5.92 Å². The van der Waals surface area contributed by atoms with Gasteiger partial charge in [0.1, 0.15) is 11.4 Å². The maximum atomic E-state index is 12.9. The summed E-state index contributed by atoms with van der Waals surface area (Å²) in [5, 5.41) is 2.87. The van der Waals surface area contributed by atoms with E-state index < -0.39 is 0 Å². The van der Waals surface area contributed by atoms with Crippen LogP contribution >= 0.6 is 0 Å². The van der Waals surface area contributed by atoms with Crippen LogP contribution in [-0.4, -0.2) is 61.5 Å². The lowest BCUT2D eigenvalue weighted by atomic mass is 10.1. The van der Waals surface area contributed by atoms with Crippen molar-refractivity contribution >= 4 is 17.5 Å². The van der Waals surface area contributed by atoms with Crippen LogP contribution in [0.25, 0.3) is 0 Å². The molecule has 0 saturated carbocycles. The van der Waals surface area contributed by atoms with E-state index in [0.29, 0.717) is 36.8 Å². The lowest BCUT2D eigenvalue weighted by Gasteiger charge is -2.36. The van der Waals surface area contributed by atoms with Crippen LogP contribution in [0.2, 0.25) is 0 Å². The van der Waals surface area contributed by atoms with Gasteiger partial charge in [-0.2, -0.15) is 0 Å². The van der Waals surface area contributed by atoms with Gasteiger partial charge < -0.3 is 19.9 Å². The average Bonchev–Trinajstić information content (AvgIpc) is 2.77. The number of methoxy groups -OCH3 is 1. The van der Waals surface area contributed by atoms with Crippen LogP contribution in [0.1, 0.15) is 34.7 Å². The first-order chi connectivity index (χ1) is 14.0. The number of hydrogen-bond acceptors (Lipinski definition) is 5. The van der Waals surface area contributed by atoms with Crippen LogP contribution in [0.5, 0.6) is 5.75 Å². The van der Waals surface area contributed by atoms with E-state index in [1.165, 1.54) is 6.20 Å². The van der Waals surface area contributed by atoms with Crippen molar-refractivity contribution in [1.82, 2.24) is 15.2 Å². The molecule has 2 heterocycles. The number of carbonyl (C=O) groups excluding carboxylic acids is 2. The molecule has 0 bridgehead atoms. The van der Waals surface area contributed by atoms with E-state index in [2.05, 4.69) is 15.2 Å². The van der Waals surface area contributed by atoms with E-state index in [-0.39, 0.29) is 11.8 Å². The third-order valence-electron chi connectivity index (χ3n) is 4.92. The number of carbonyl (C=O) groups is 2. The van der Waals surface area contributed by atoms with Gasteiger partial charge in [0, 0.05) is 50.2 Å². The Morgan fingerprint density at radius 1 is 1.10 bits per heavy atom. The summed E-state index contributed by atoms with van der Waals surface area (Å²) in [5.41, 5.74) is 1.88. The van der Waals surface area contributed by atoms with Crippen LogP contribution in [0.15, 0.2) is 42.6 Å². The molecular weight excluding hydrogens is 368 g/mol. The number of pyridine rings is 1. The summed E-state index contributed by atoms with van der Waals surface area (Å²) < 4.78 is 5.20. The van der Waals surface area contributed by atoms with Gasteiger partial charge in [0.2, 0.25) is 0 Å². The number of nitrogens with zero attached hydrogens (tertiary/aromatic N) is 3. The molecule has 1 aliphatic rings. The molecule has 7 nitrogen and oxygen atoms in total. The Balaban J connectivity index is 1.60. The number of amides is 2. The van der Waals surface area contributed by atoms with Gasteiger partial charge in [-0.15, -0.1) is 0 Å². The molecule has 0 spiro atoms. The normalized spacial score (nSPS) is 14.1. The number of piperazine rings is 1. The number of rotatable bonds is 6. The van der Waals surface area contributed by atoms with Crippen molar-refractivity contribution in [3.05, 3.63) is 53.9 Å². The minimum atomic E-state index is -0.181. The summed E-state index contributed by atoms with van der Waals surface area (Å²) in [4.78, 5) is 33.4. The second-order valence-corrected chi connectivity index (χ2v) is 7.51.